The normalized spacial score (nSPS) is 20.9. The number of fused-ring (bicyclic) bond motifs is 1. The molecule has 0 atom stereocenters. The number of rotatable bonds is 7. The van der Waals surface area contributed by atoms with Crippen LogP contribution in [0.2, 0.25) is 5.02 Å². The maximum atomic E-state index is 9.48. The highest BCUT2D eigenvalue weighted by Crippen LogP contribution is 2.30. The minimum atomic E-state index is 0.209. The Morgan fingerprint density at radius 1 is 1.10 bits per heavy atom. The van der Waals surface area contributed by atoms with Gasteiger partial charge in [-0.2, -0.15) is 4.98 Å². The molecule has 0 aliphatic heterocycles. The number of phenolic OH excluding ortho intramolecular Hbond substituents is 1. The van der Waals surface area contributed by atoms with E-state index in [0.29, 0.717) is 17.0 Å². The van der Waals surface area contributed by atoms with E-state index in [9.17, 15) is 5.11 Å². The van der Waals surface area contributed by atoms with Crippen LogP contribution in [0.5, 0.6) is 5.75 Å². The molecule has 0 unspecified atom stereocenters. The molecule has 1 aromatic heterocycles. The summed E-state index contributed by atoms with van der Waals surface area (Å²) >= 11 is 6.20. The average molecular weight is 444 g/mol. The number of hydrogen-bond acceptors (Lipinski definition) is 6. The van der Waals surface area contributed by atoms with Gasteiger partial charge in [0.05, 0.1) is 5.69 Å². The molecular formula is C24H34ClN5O. The van der Waals surface area contributed by atoms with Gasteiger partial charge in [-0.15, -0.1) is 0 Å². The van der Waals surface area contributed by atoms with Crippen LogP contribution in [-0.2, 0) is 19.4 Å². The molecule has 0 spiro atoms. The molecule has 1 fully saturated rings. The lowest BCUT2D eigenvalue weighted by molar-refractivity contribution is 0.323. The molecule has 1 aromatic carbocycles. The molecule has 0 radical (unpaired) electrons. The number of nitrogens with zero attached hydrogens (tertiary/aromatic N) is 3. The predicted molar refractivity (Wildman–Crippen MR) is 127 cm³/mol. The van der Waals surface area contributed by atoms with Crippen LogP contribution in [0.25, 0.3) is 0 Å². The number of nitrogens with one attached hydrogen (secondary N) is 2. The van der Waals surface area contributed by atoms with Gasteiger partial charge in [-0.1, -0.05) is 17.7 Å². The SMILES string of the molecule is CN(C)c1nc(N[C@H]2CC[C@@H](CNCc3ccc(O)cc3Cl)CC2)nc2c1CCCC2. The summed E-state index contributed by atoms with van der Waals surface area (Å²) in [5.74, 6) is 2.77. The monoisotopic (exact) mass is 443 g/mol. The first-order valence-electron chi connectivity index (χ1n) is 11.5. The molecule has 2 aromatic rings. The van der Waals surface area contributed by atoms with Crippen molar-refractivity contribution in [1.29, 1.82) is 0 Å². The Balaban J connectivity index is 1.27. The van der Waals surface area contributed by atoms with Crippen LogP contribution in [0.15, 0.2) is 18.2 Å². The molecule has 3 N–H and O–H groups in total. The molecule has 0 amide bonds. The molecule has 168 valence electrons. The van der Waals surface area contributed by atoms with Crippen LogP contribution in [0.1, 0.15) is 55.3 Å². The molecule has 31 heavy (non-hydrogen) atoms. The van der Waals surface area contributed by atoms with Crippen molar-refractivity contribution in [2.45, 2.75) is 64.0 Å². The fourth-order valence-electron chi connectivity index (χ4n) is 4.79. The first-order valence-corrected chi connectivity index (χ1v) is 11.9. The standard InChI is InChI=1S/C24H34ClN5O/c1-30(2)23-20-5-3-4-6-22(20)28-24(29-23)27-18-10-7-16(8-11-18)14-26-15-17-9-12-19(31)13-21(17)25/h9,12-13,16,18,26,31H,3-8,10-11,14-15H2,1-2H3,(H,27,28,29)/t16-,18+. The Morgan fingerprint density at radius 3 is 2.61 bits per heavy atom. The second kappa shape index (κ2) is 10.0. The summed E-state index contributed by atoms with van der Waals surface area (Å²) in [5.41, 5.74) is 3.60. The minimum absolute atomic E-state index is 0.209. The lowest BCUT2D eigenvalue weighted by Crippen LogP contribution is -2.32. The van der Waals surface area contributed by atoms with E-state index < -0.39 is 0 Å². The van der Waals surface area contributed by atoms with Gasteiger partial charge in [0.15, 0.2) is 0 Å². The summed E-state index contributed by atoms with van der Waals surface area (Å²) in [6, 6.07) is 5.61. The van der Waals surface area contributed by atoms with E-state index >= 15 is 0 Å². The van der Waals surface area contributed by atoms with Crippen LogP contribution >= 0.6 is 11.6 Å². The Kier molecular flexibility index (Phi) is 7.18. The van der Waals surface area contributed by atoms with E-state index in [-0.39, 0.29) is 5.75 Å². The van der Waals surface area contributed by atoms with Gasteiger partial charge in [-0.25, -0.2) is 4.98 Å². The summed E-state index contributed by atoms with van der Waals surface area (Å²) in [4.78, 5) is 11.9. The maximum Gasteiger partial charge on any atom is 0.225 e. The van der Waals surface area contributed by atoms with Crippen molar-refractivity contribution in [3.63, 3.8) is 0 Å². The summed E-state index contributed by atoms with van der Waals surface area (Å²) in [6.07, 6.45) is 9.30. The minimum Gasteiger partial charge on any atom is -0.508 e. The largest absolute Gasteiger partial charge is 0.508 e. The second-order valence-corrected chi connectivity index (χ2v) is 9.57. The molecule has 1 heterocycles. The Hall–Kier alpha value is -2.05. The lowest BCUT2D eigenvalue weighted by Gasteiger charge is -2.30. The van der Waals surface area contributed by atoms with Gasteiger partial charge in [0, 0.05) is 37.3 Å². The molecule has 4 rings (SSSR count). The van der Waals surface area contributed by atoms with Crippen molar-refractivity contribution >= 4 is 23.4 Å². The highest BCUT2D eigenvalue weighted by Gasteiger charge is 2.24. The number of aromatic nitrogens is 2. The van der Waals surface area contributed by atoms with Gasteiger partial charge in [-0.3, -0.25) is 0 Å². The Morgan fingerprint density at radius 2 is 1.87 bits per heavy atom. The molecule has 0 bridgehead atoms. The Labute approximate surface area is 190 Å². The number of hydrogen-bond donors (Lipinski definition) is 3. The molecular weight excluding hydrogens is 410 g/mol. The highest BCUT2D eigenvalue weighted by molar-refractivity contribution is 6.31. The van der Waals surface area contributed by atoms with Gasteiger partial charge in [0.2, 0.25) is 5.95 Å². The number of aryl methyl sites for hydroxylation is 1. The van der Waals surface area contributed by atoms with Crippen LogP contribution in [0.4, 0.5) is 11.8 Å². The third-order valence-electron chi connectivity index (χ3n) is 6.55. The summed E-state index contributed by atoms with van der Waals surface area (Å²) in [7, 11) is 4.15. The van der Waals surface area contributed by atoms with Crippen LogP contribution in [-0.4, -0.2) is 41.8 Å². The second-order valence-electron chi connectivity index (χ2n) is 9.17. The zero-order chi connectivity index (χ0) is 21.8. The summed E-state index contributed by atoms with van der Waals surface area (Å²) in [5, 5.41) is 17.3. The van der Waals surface area contributed by atoms with Crippen molar-refractivity contribution in [3.05, 3.63) is 40.0 Å². The average Bonchev–Trinajstić information content (AvgIpc) is 2.76. The van der Waals surface area contributed by atoms with Gasteiger partial charge < -0.3 is 20.6 Å². The fraction of sp³-hybridized carbons (Fsp3) is 0.583. The van der Waals surface area contributed by atoms with Crippen LogP contribution < -0.4 is 15.5 Å². The topological polar surface area (TPSA) is 73.3 Å². The lowest BCUT2D eigenvalue weighted by atomic mass is 9.86. The van der Waals surface area contributed by atoms with Crippen LogP contribution in [0.3, 0.4) is 0 Å². The smallest absolute Gasteiger partial charge is 0.225 e. The molecule has 7 heteroatoms. The van der Waals surface area contributed by atoms with Crippen molar-refractivity contribution in [2.75, 3.05) is 30.9 Å². The number of benzene rings is 1. The summed E-state index contributed by atoms with van der Waals surface area (Å²) in [6.45, 7) is 1.72. The third-order valence-corrected chi connectivity index (χ3v) is 6.90. The zero-order valence-corrected chi connectivity index (χ0v) is 19.4. The van der Waals surface area contributed by atoms with E-state index in [1.807, 2.05) is 6.07 Å². The van der Waals surface area contributed by atoms with Crippen molar-refractivity contribution in [3.8, 4) is 5.75 Å². The molecule has 0 saturated heterocycles. The molecule has 6 nitrogen and oxygen atoms in total. The first kappa shape index (κ1) is 22.2. The highest BCUT2D eigenvalue weighted by atomic mass is 35.5. The van der Waals surface area contributed by atoms with E-state index in [1.54, 1.807) is 12.1 Å². The molecule has 2 aliphatic rings. The Bertz CT molecular complexity index is 896. The molecule has 1 saturated carbocycles. The zero-order valence-electron chi connectivity index (χ0n) is 18.6. The predicted octanol–water partition coefficient (Wildman–Crippen LogP) is 4.54. The number of halogens is 1. The van der Waals surface area contributed by atoms with Crippen molar-refractivity contribution in [2.24, 2.45) is 5.92 Å². The molecule has 2 aliphatic carbocycles. The van der Waals surface area contributed by atoms with E-state index in [0.717, 1.165) is 56.1 Å². The van der Waals surface area contributed by atoms with Gasteiger partial charge in [-0.05, 0) is 81.5 Å². The van der Waals surface area contributed by atoms with Crippen molar-refractivity contribution < 1.29 is 5.11 Å². The number of aromatic hydroxyl groups is 1. The summed E-state index contributed by atoms with van der Waals surface area (Å²) < 4.78 is 0. The quantitative estimate of drug-likeness (QED) is 0.583. The van der Waals surface area contributed by atoms with Gasteiger partial charge in [0.25, 0.3) is 0 Å². The number of phenols is 1. The first-order chi connectivity index (χ1) is 15.0. The van der Waals surface area contributed by atoms with Gasteiger partial charge >= 0.3 is 0 Å². The van der Waals surface area contributed by atoms with Crippen LogP contribution in [0, 0.1) is 5.92 Å². The number of anilines is 2. The van der Waals surface area contributed by atoms with E-state index in [2.05, 4.69) is 29.6 Å². The van der Waals surface area contributed by atoms with Gasteiger partial charge in [0.1, 0.15) is 11.6 Å². The van der Waals surface area contributed by atoms with Crippen molar-refractivity contribution in [1.82, 2.24) is 15.3 Å². The van der Waals surface area contributed by atoms with E-state index in [1.165, 1.54) is 36.9 Å². The van der Waals surface area contributed by atoms with E-state index in [4.69, 9.17) is 21.6 Å². The third kappa shape index (κ3) is 5.60. The fourth-order valence-corrected chi connectivity index (χ4v) is 5.03. The maximum absolute atomic E-state index is 9.48.